The van der Waals surface area contributed by atoms with Crippen LogP contribution in [-0.4, -0.2) is 17.5 Å². The Hall–Kier alpha value is 1.87. The van der Waals surface area contributed by atoms with Crippen molar-refractivity contribution >= 4 is 10.4 Å². The Morgan fingerprint density at radius 1 is 1.14 bits per heavy atom. The third-order valence-corrected chi connectivity index (χ3v) is 0. The minimum absolute atomic E-state index is 0. The van der Waals surface area contributed by atoms with Crippen molar-refractivity contribution < 1.29 is 78.7 Å². The van der Waals surface area contributed by atoms with Crippen LogP contribution in [0.4, 0.5) is 0 Å². The van der Waals surface area contributed by atoms with Gasteiger partial charge in [-0.1, -0.05) is 0 Å². The van der Waals surface area contributed by atoms with Gasteiger partial charge in [-0.15, -0.1) is 0 Å². The Morgan fingerprint density at radius 3 is 1.14 bits per heavy atom. The van der Waals surface area contributed by atoms with Crippen molar-refractivity contribution in [1.82, 2.24) is 0 Å². The van der Waals surface area contributed by atoms with Crippen molar-refractivity contribution in [2.75, 3.05) is 0 Å². The predicted octanol–water partition coefficient (Wildman–Crippen LogP) is -0.655. The van der Waals surface area contributed by atoms with E-state index in [-0.39, 0.29) is 61.2 Å². The standard InChI is InChI=1S/Ce.H2O4S.Zn/c;1-5(2,3)4;/h;(H2,1,2,3,4);. The monoisotopic (exact) mass is 302 g/mol. The Morgan fingerprint density at radius 2 is 1.14 bits per heavy atom. The molecular formula is H2CeO4SZn. The summed E-state index contributed by atoms with van der Waals surface area (Å²) in [7, 11) is -4.67. The molecule has 0 bridgehead atoms. The van der Waals surface area contributed by atoms with Crippen molar-refractivity contribution in [2.45, 2.75) is 0 Å². The molecule has 0 saturated heterocycles. The normalized spacial score (nSPS) is 8.29. The molecular weight excluding hydrogens is 302 g/mol. The maximum absolute atomic E-state index is 8.74. The maximum atomic E-state index is 8.74. The zero-order chi connectivity index (χ0) is 4.50. The smallest absolute Gasteiger partial charge is 0.264 e. The molecule has 0 amide bonds. The molecule has 2 N–H and O–H groups in total. The maximum Gasteiger partial charge on any atom is 0.394 e. The van der Waals surface area contributed by atoms with Crippen LogP contribution in [0.3, 0.4) is 0 Å². The van der Waals surface area contributed by atoms with Crippen LogP contribution in [0.15, 0.2) is 0 Å². The summed E-state index contributed by atoms with van der Waals surface area (Å²) in [5.41, 5.74) is 0. The average Bonchev–Trinajstić information content (AvgIpc) is 0.722. The molecule has 7 heteroatoms. The summed E-state index contributed by atoms with van der Waals surface area (Å²) in [5, 5.41) is 0. The van der Waals surface area contributed by atoms with Crippen LogP contribution >= 0.6 is 0 Å². The van der Waals surface area contributed by atoms with Crippen molar-refractivity contribution in [3.05, 3.63) is 0 Å². The third-order valence-electron chi connectivity index (χ3n) is 0. The van der Waals surface area contributed by atoms with Crippen molar-refractivity contribution in [1.29, 1.82) is 0 Å². The summed E-state index contributed by atoms with van der Waals surface area (Å²) in [4.78, 5) is 0. The van der Waals surface area contributed by atoms with Crippen LogP contribution in [0.5, 0.6) is 0 Å². The summed E-state index contributed by atoms with van der Waals surface area (Å²) < 4.78 is 31.6. The van der Waals surface area contributed by atoms with E-state index in [4.69, 9.17) is 17.5 Å². The zero-order valence-electron chi connectivity index (χ0n) is 3.33. The van der Waals surface area contributed by atoms with Gasteiger partial charge in [0.25, 0.3) is 0 Å². The van der Waals surface area contributed by atoms with Gasteiger partial charge in [-0.25, -0.2) is 0 Å². The molecule has 0 radical (unpaired) electrons. The SMILES string of the molecule is O=S(=O)(O)O.[Ce].[Zn]. The Bertz CT molecular complexity index is 94.9. The van der Waals surface area contributed by atoms with Gasteiger partial charge >= 0.3 is 10.4 Å². The van der Waals surface area contributed by atoms with Crippen LogP contribution < -0.4 is 0 Å². The van der Waals surface area contributed by atoms with Gasteiger partial charge in [0.05, 0.1) is 0 Å². The molecule has 38 valence electrons. The minimum atomic E-state index is -4.67. The molecule has 0 aliphatic carbocycles. The van der Waals surface area contributed by atoms with Crippen molar-refractivity contribution in [3.63, 3.8) is 0 Å². The van der Waals surface area contributed by atoms with Crippen molar-refractivity contribution in [3.8, 4) is 0 Å². The third kappa shape index (κ3) is 77.5. The van der Waals surface area contributed by atoms with Gasteiger partial charge in [0.1, 0.15) is 0 Å². The summed E-state index contributed by atoms with van der Waals surface area (Å²) in [6, 6.07) is 0. The molecule has 0 atom stereocenters. The van der Waals surface area contributed by atoms with Gasteiger partial charge in [0.2, 0.25) is 0 Å². The van der Waals surface area contributed by atoms with Gasteiger partial charge in [-0.05, 0) is 0 Å². The Balaban J connectivity index is -0.0000000800. The minimum Gasteiger partial charge on any atom is -0.264 e. The second-order valence-corrected chi connectivity index (χ2v) is 1.34. The first-order valence-corrected chi connectivity index (χ1v) is 2.10. The van der Waals surface area contributed by atoms with Gasteiger partial charge in [-0.3, -0.25) is 9.11 Å². The second-order valence-electron chi connectivity index (χ2n) is 0.448. The Kier molecular flexibility index (Phi) is 13.7. The van der Waals surface area contributed by atoms with Crippen LogP contribution in [-0.2, 0) is 29.9 Å². The molecule has 4 nitrogen and oxygen atoms in total. The fourth-order valence-corrected chi connectivity index (χ4v) is 0. The molecule has 0 aromatic heterocycles. The van der Waals surface area contributed by atoms with E-state index >= 15 is 0 Å². The van der Waals surface area contributed by atoms with Gasteiger partial charge in [0, 0.05) is 61.2 Å². The van der Waals surface area contributed by atoms with E-state index in [1.165, 1.54) is 0 Å². The van der Waals surface area contributed by atoms with Crippen LogP contribution in [0, 0.1) is 41.7 Å². The molecule has 0 heterocycles. The van der Waals surface area contributed by atoms with E-state index in [1.807, 2.05) is 0 Å². The first-order valence-electron chi connectivity index (χ1n) is 0.698. The van der Waals surface area contributed by atoms with E-state index in [2.05, 4.69) is 0 Å². The first kappa shape index (κ1) is 15.9. The predicted molar refractivity (Wildman–Crippen MR) is 14.2 cm³/mol. The van der Waals surface area contributed by atoms with Gasteiger partial charge in [0.15, 0.2) is 0 Å². The van der Waals surface area contributed by atoms with E-state index < -0.39 is 10.4 Å². The fraction of sp³-hybridized carbons (Fsp3) is 0. The molecule has 0 spiro atoms. The van der Waals surface area contributed by atoms with Crippen LogP contribution in [0.1, 0.15) is 0 Å². The van der Waals surface area contributed by atoms with Crippen molar-refractivity contribution in [2.24, 2.45) is 0 Å². The summed E-state index contributed by atoms with van der Waals surface area (Å²) in [6.07, 6.45) is 0. The van der Waals surface area contributed by atoms with E-state index in [0.717, 1.165) is 0 Å². The largest absolute Gasteiger partial charge is 0.394 e. The van der Waals surface area contributed by atoms with E-state index in [0.29, 0.717) is 0 Å². The quantitative estimate of drug-likeness (QED) is 0.460. The zero-order valence-corrected chi connectivity index (χ0v) is 10.2. The molecule has 7 heavy (non-hydrogen) atoms. The molecule has 0 aromatic carbocycles. The number of rotatable bonds is 0. The molecule has 0 aromatic rings. The topological polar surface area (TPSA) is 74.6 Å². The summed E-state index contributed by atoms with van der Waals surface area (Å²) in [6.45, 7) is 0. The summed E-state index contributed by atoms with van der Waals surface area (Å²) in [5.74, 6) is 0. The van der Waals surface area contributed by atoms with Gasteiger partial charge < -0.3 is 0 Å². The second kappa shape index (κ2) is 6.00. The molecule has 0 rings (SSSR count). The molecule has 0 unspecified atom stereocenters. The van der Waals surface area contributed by atoms with E-state index in [9.17, 15) is 0 Å². The number of hydrogen-bond donors (Lipinski definition) is 2. The van der Waals surface area contributed by atoms with Crippen LogP contribution in [0.25, 0.3) is 0 Å². The molecule has 0 aliphatic rings. The fourth-order valence-electron chi connectivity index (χ4n) is 0. The number of hydrogen-bond acceptors (Lipinski definition) is 2. The van der Waals surface area contributed by atoms with E-state index in [1.54, 1.807) is 0 Å². The van der Waals surface area contributed by atoms with Gasteiger partial charge in [-0.2, -0.15) is 8.42 Å². The van der Waals surface area contributed by atoms with Crippen LogP contribution in [0.2, 0.25) is 0 Å². The first-order chi connectivity index (χ1) is 2.00. The average molecular weight is 304 g/mol. The molecule has 0 aliphatic heterocycles. The molecule has 0 saturated carbocycles. The Labute approximate surface area is 87.8 Å². The summed E-state index contributed by atoms with van der Waals surface area (Å²) >= 11 is 0. The molecule has 0 fully saturated rings.